The number of carboxylic acids is 1. The van der Waals surface area contributed by atoms with E-state index in [1.165, 1.54) is 6.07 Å². The van der Waals surface area contributed by atoms with Gasteiger partial charge in [-0.1, -0.05) is 19.1 Å². The molecule has 1 aliphatic heterocycles. The molecule has 0 amide bonds. The highest BCUT2D eigenvalue weighted by Crippen LogP contribution is 2.28. The minimum absolute atomic E-state index is 0.191. The molecular weight excluding hydrogens is 260 g/mol. The number of rotatable bonds is 4. The van der Waals surface area contributed by atoms with Crippen LogP contribution in [0.1, 0.15) is 36.2 Å². The minimum atomic E-state index is -1.24. The summed E-state index contributed by atoms with van der Waals surface area (Å²) in [6.07, 6.45) is 1.07. The molecule has 0 saturated carbocycles. The Balaban J connectivity index is 2.34. The molecule has 0 aliphatic carbocycles. The maximum Gasteiger partial charge on any atom is 0.343 e. The molecule has 0 aromatic heterocycles. The van der Waals surface area contributed by atoms with E-state index >= 15 is 0 Å². The second-order valence-electron chi connectivity index (χ2n) is 5.49. The number of nitro groups is 1. The molecule has 2 rings (SSSR count). The molecule has 2 unspecified atom stereocenters. The SMILES string of the molecule is CC1CC(C)N(Cc2cccc([N+](=O)[O-])c2C(=O)O)C1. The molecule has 1 N–H and O–H groups in total. The third-order valence-electron chi connectivity index (χ3n) is 3.83. The lowest BCUT2D eigenvalue weighted by Gasteiger charge is -2.21. The number of nitro benzene ring substituents is 1. The summed E-state index contributed by atoms with van der Waals surface area (Å²) in [5, 5.41) is 20.2. The third kappa shape index (κ3) is 2.80. The average Bonchev–Trinajstić information content (AvgIpc) is 2.67. The van der Waals surface area contributed by atoms with E-state index < -0.39 is 10.9 Å². The summed E-state index contributed by atoms with van der Waals surface area (Å²) in [6, 6.07) is 4.81. The van der Waals surface area contributed by atoms with Crippen LogP contribution >= 0.6 is 0 Å². The summed E-state index contributed by atoms with van der Waals surface area (Å²) >= 11 is 0. The number of aromatic carboxylic acids is 1. The first-order chi connectivity index (χ1) is 9.40. The minimum Gasteiger partial charge on any atom is -0.477 e. The van der Waals surface area contributed by atoms with Crippen molar-refractivity contribution in [3.63, 3.8) is 0 Å². The predicted octanol–water partition coefficient (Wildman–Crippen LogP) is 2.52. The zero-order valence-electron chi connectivity index (χ0n) is 11.6. The Hall–Kier alpha value is -1.95. The van der Waals surface area contributed by atoms with Crippen LogP contribution in [-0.4, -0.2) is 33.5 Å². The van der Waals surface area contributed by atoms with Crippen molar-refractivity contribution in [3.8, 4) is 0 Å². The number of likely N-dealkylation sites (tertiary alicyclic amines) is 1. The topological polar surface area (TPSA) is 83.7 Å². The van der Waals surface area contributed by atoms with Crippen LogP contribution in [0.2, 0.25) is 0 Å². The lowest BCUT2D eigenvalue weighted by molar-refractivity contribution is -0.385. The number of nitrogens with zero attached hydrogens (tertiary/aromatic N) is 2. The zero-order valence-corrected chi connectivity index (χ0v) is 11.6. The maximum absolute atomic E-state index is 11.3. The fraction of sp³-hybridized carbons (Fsp3) is 0.500. The predicted molar refractivity (Wildman–Crippen MR) is 73.7 cm³/mol. The number of carboxylic acid groups (broad SMARTS) is 1. The van der Waals surface area contributed by atoms with Crippen LogP contribution in [0.25, 0.3) is 0 Å². The molecule has 108 valence electrons. The first kappa shape index (κ1) is 14.5. The lowest BCUT2D eigenvalue weighted by atomic mass is 10.0. The molecule has 1 fully saturated rings. The highest BCUT2D eigenvalue weighted by atomic mass is 16.6. The van der Waals surface area contributed by atoms with Crippen LogP contribution in [0, 0.1) is 16.0 Å². The second kappa shape index (κ2) is 5.58. The second-order valence-corrected chi connectivity index (χ2v) is 5.49. The fourth-order valence-electron chi connectivity index (χ4n) is 2.94. The summed E-state index contributed by atoms with van der Waals surface area (Å²) in [5.41, 5.74) is -0.0215. The van der Waals surface area contributed by atoms with Crippen LogP contribution in [0.3, 0.4) is 0 Å². The van der Waals surface area contributed by atoms with E-state index in [0.29, 0.717) is 24.1 Å². The largest absolute Gasteiger partial charge is 0.477 e. The van der Waals surface area contributed by atoms with Crippen molar-refractivity contribution >= 4 is 11.7 Å². The van der Waals surface area contributed by atoms with Gasteiger partial charge in [-0.05, 0) is 24.8 Å². The molecule has 0 bridgehead atoms. The molecule has 1 aliphatic rings. The molecule has 6 nitrogen and oxygen atoms in total. The van der Waals surface area contributed by atoms with Crippen LogP contribution < -0.4 is 0 Å². The van der Waals surface area contributed by atoms with Gasteiger partial charge in [0.15, 0.2) is 0 Å². The van der Waals surface area contributed by atoms with Gasteiger partial charge in [-0.25, -0.2) is 4.79 Å². The van der Waals surface area contributed by atoms with Gasteiger partial charge < -0.3 is 5.11 Å². The summed E-state index contributed by atoms with van der Waals surface area (Å²) in [7, 11) is 0. The first-order valence-corrected chi connectivity index (χ1v) is 6.63. The van der Waals surface area contributed by atoms with Crippen molar-refractivity contribution in [1.82, 2.24) is 4.90 Å². The Bertz CT molecular complexity index is 544. The average molecular weight is 278 g/mol. The Kier molecular flexibility index (Phi) is 4.04. The van der Waals surface area contributed by atoms with E-state index in [2.05, 4.69) is 18.7 Å². The van der Waals surface area contributed by atoms with E-state index in [1.54, 1.807) is 12.1 Å². The number of hydrogen-bond donors (Lipinski definition) is 1. The van der Waals surface area contributed by atoms with Gasteiger partial charge in [0, 0.05) is 25.2 Å². The fourth-order valence-corrected chi connectivity index (χ4v) is 2.94. The highest BCUT2D eigenvalue weighted by Gasteiger charge is 2.29. The Morgan fingerprint density at radius 1 is 1.50 bits per heavy atom. The molecule has 6 heteroatoms. The van der Waals surface area contributed by atoms with E-state index in [-0.39, 0.29) is 11.3 Å². The third-order valence-corrected chi connectivity index (χ3v) is 3.83. The van der Waals surface area contributed by atoms with E-state index in [9.17, 15) is 20.0 Å². The van der Waals surface area contributed by atoms with E-state index in [4.69, 9.17) is 0 Å². The standard InChI is InChI=1S/C14H18N2O4/c1-9-6-10(2)15(7-9)8-11-4-3-5-12(16(19)20)13(11)14(17)18/h3-5,9-10H,6-8H2,1-2H3,(H,17,18). The molecule has 0 radical (unpaired) electrons. The lowest BCUT2D eigenvalue weighted by Crippen LogP contribution is -2.27. The summed E-state index contributed by atoms with van der Waals surface area (Å²) in [5.74, 6) is -0.677. The first-order valence-electron chi connectivity index (χ1n) is 6.63. The van der Waals surface area contributed by atoms with Crippen molar-refractivity contribution in [2.75, 3.05) is 6.54 Å². The summed E-state index contributed by atoms with van der Waals surface area (Å²) in [4.78, 5) is 23.8. The highest BCUT2D eigenvalue weighted by molar-refractivity contribution is 5.94. The molecule has 1 aromatic rings. The quantitative estimate of drug-likeness (QED) is 0.675. The van der Waals surface area contributed by atoms with Crippen molar-refractivity contribution < 1.29 is 14.8 Å². The van der Waals surface area contributed by atoms with Crippen molar-refractivity contribution in [3.05, 3.63) is 39.4 Å². The van der Waals surface area contributed by atoms with Gasteiger partial charge in [0.2, 0.25) is 0 Å². The summed E-state index contributed by atoms with van der Waals surface area (Å²) in [6.45, 7) is 5.58. The van der Waals surface area contributed by atoms with Crippen molar-refractivity contribution in [2.45, 2.75) is 32.9 Å². The summed E-state index contributed by atoms with van der Waals surface area (Å²) < 4.78 is 0. The van der Waals surface area contributed by atoms with E-state index in [0.717, 1.165) is 13.0 Å². The van der Waals surface area contributed by atoms with Crippen LogP contribution in [0.5, 0.6) is 0 Å². The van der Waals surface area contributed by atoms with Crippen LogP contribution in [0.15, 0.2) is 18.2 Å². The van der Waals surface area contributed by atoms with Gasteiger partial charge in [-0.15, -0.1) is 0 Å². The Morgan fingerprint density at radius 3 is 2.70 bits per heavy atom. The van der Waals surface area contributed by atoms with Gasteiger partial charge in [0.1, 0.15) is 5.56 Å². The van der Waals surface area contributed by atoms with Crippen LogP contribution in [0.4, 0.5) is 5.69 Å². The molecule has 2 atom stereocenters. The molecule has 20 heavy (non-hydrogen) atoms. The van der Waals surface area contributed by atoms with Gasteiger partial charge in [-0.3, -0.25) is 15.0 Å². The maximum atomic E-state index is 11.3. The van der Waals surface area contributed by atoms with Crippen LogP contribution in [-0.2, 0) is 6.54 Å². The molecule has 1 saturated heterocycles. The van der Waals surface area contributed by atoms with Crippen molar-refractivity contribution in [2.24, 2.45) is 5.92 Å². The van der Waals surface area contributed by atoms with Gasteiger partial charge in [0.25, 0.3) is 5.69 Å². The van der Waals surface area contributed by atoms with E-state index in [1.807, 2.05) is 0 Å². The smallest absolute Gasteiger partial charge is 0.343 e. The zero-order chi connectivity index (χ0) is 14.9. The monoisotopic (exact) mass is 278 g/mol. The number of carbonyl (C=O) groups is 1. The molecule has 1 aromatic carbocycles. The Labute approximate surface area is 117 Å². The molecule has 0 spiro atoms. The normalized spacial score (nSPS) is 22.9. The van der Waals surface area contributed by atoms with Gasteiger partial charge >= 0.3 is 5.97 Å². The number of benzene rings is 1. The molecular formula is C14H18N2O4. The van der Waals surface area contributed by atoms with Crippen molar-refractivity contribution in [1.29, 1.82) is 0 Å². The van der Waals surface area contributed by atoms with Gasteiger partial charge in [-0.2, -0.15) is 0 Å². The molecule has 1 heterocycles. The van der Waals surface area contributed by atoms with Gasteiger partial charge in [0.05, 0.1) is 4.92 Å². The number of hydrogen-bond acceptors (Lipinski definition) is 4. The Morgan fingerprint density at radius 2 is 2.20 bits per heavy atom.